The fourth-order valence-corrected chi connectivity index (χ4v) is 2.11. The van der Waals surface area contributed by atoms with Gasteiger partial charge < -0.3 is 11.6 Å². The zero-order valence-electron chi connectivity index (χ0n) is 10.9. The Morgan fingerprint density at radius 2 is 1.71 bits per heavy atom. The highest BCUT2D eigenvalue weighted by atomic mass is 19.1. The minimum absolute atomic E-state index is 0.0196. The average Bonchev–Trinajstić information content (AvgIpc) is 2.79. The molecule has 3 rings (SSSR count). The number of imidazole rings is 1. The molecular formula is C15H12F2N4. The Bertz CT molecular complexity index is 797. The van der Waals surface area contributed by atoms with Gasteiger partial charge in [-0.2, -0.15) is 0 Å². The van der Waals surface area contributed by atoms with Crippen molar-refractivity contribution >= 4 is 5.82 Å². The van der Waals surface area contributed by atoms with E-state index in [1.54, 1.807) is 12.1 Å². The van der Waals surface area contributed by atoms with E-state index in [2.05, 4.69) is 4.98 Å². The summed E-state index contributed by atoms with van der Waals surface area (Å²) in [6.07, 6.45) is 0. The van der Waals surface area contributed by atoms with Crippen molar-refractivity contribution in [2.45, 2.75) is 0 Å². The van der Waals surface area contributed by atoms with Crippen LogP contribution in [-0.4, -0.2) is 9.66 Å². The minimum Gasteiger partial charge on any atom is -0.382 e. The van der Waals surface area contributed by atoms with E-state index in [4.69, 9.17) is 11.6 Å². The molecule has 1 aromatic heterocycles. The zero-order valence-corrected chi connectivity index (χ0v) is 10.9. The molecule has 0 unspecified atom stereocenters. The summed E-state index contributed by atoms with van der Waals surface area (Å²) >= 11 is 0. The van der Waals surface area contributed by atoms with Crippen molar-refractivity contribution in [1.29, 1.82) is 0 Å². The van der Waals surface area contributed by atoms with Crippen molar-refractivity contribution in [1.82, 2.24) is 9.66 Å². The fraction of sp³-hybridized carbons (Fsp3) is 0. The van der Waals surface area contributed by atoms with E-state index >= 15 is 0 Å². The highest BCUT2D eigenvalue weighted by Crippen LogP contribution is 2.31. The van der Waals surface area contributed by atoms with Crippen LogP contribution in [0.15, 0.2) is 48.5 Å². The number of anilines is 1. The first kappa shape index (κ1) is 13.1. The molecule has 0 atom stereocenters. The number of halogens is 2. The number of nitrogens with two attached hydrogens (primary N) is 2. The Balaban J connectivity index is 2.20. The fourth-order valence-electron chi connectivity index (χ4n) is 2.11. The predicted molar refractivity (Wildman–Crippen MR) is 77.6 cm³/mol. The molecule has 0 aliphatic heterocycles. The second-order valence-electron chi connectivity index (χ2n) is 4.53. The van der Waals surface area contributed by atoms with Crippen LogP contribution in [-0.2, 0) is 0 Å². The van der Waals surface area contributed by atoms with Gasteiger partial charge in [0.05, 0.1) is 0 Å². The number of aromatic nitrogens is 2. The molecule has 0 saturated heterocycles. The summed E-state index contributed by atoms with van der Waals surface area (Å²) in [6.45, 7) is 0. The van der Waals surface area contributed by atoms with Gasteiger partial charge in [-0.15, -0.1) is 0 Å². The van der Waals surface area contributed by atoms with Gasteiger partial charge in [0.15, 0.2) is 11.6 Å². The van der Waals surface area contributed by atoms with E-state index in [1.165, 1.54) is 0 Å². The zero-order chi connectivity index (χ0) is 15.0. The van der Waals surface area contributed by atoms with Crippen LogP contribution in [0.1, 0.15) is 0 Å². The number of benzene rings is 2. The average molecular weight is 286 g/mol. The Labute approximate surface area is 119 Å². The first-order valence-corrected chi connectivity index (χ1v) is 6.22. The molecule has 2 aromatic carbocycles. The molecule has 6 heteroatoms. The van der Waals surface area contributed by atoms with Gasteiger partial charge in [0.1, 0.15) is 17.3 Å². The largest absolute Gasteiger partial charge is 0.382 e. The van der Waals surface area contributed by atoms with Gasteiger partial charge in [0.25, 0.3) is 0 Å². The smallest absolute Gasteiger partial charge is 0.160 e. The molecule has 21 heavy (non-hydrogen) atoms. The highest BCUT2D eigenvalue weighted by molar-refractivity contribution is 5.76. The molecular weight excluding hydrogens is 274 g/mol. The summed E-state index contributed by atoms with van der Waals surface area (Å²) in [6, 6.07) is 12.2. The SMILES string of the molecule is Nc1c(-c2cc(F)ccc2F)nc(-c2ccccc2)n1N. The molecule has 0 fully saturated rings. The molecule has 4 nitrogen and oxygen atoms in total. The number of hydrogen-bond donors (Lipinski definition) is 2. The van der Waals surface area contributed by atoms with Gasteiger partial charge in [-0.25, -0.2) is 18.4 Å². The van der Waals surface area contributed by atoms with Crippen LogP contribution in [0.2, 0.25) is 0 Å². The molecule has 106 valence electrons. The normalized spacial score (nSPS) is 10.8. The summed E-state index contributed by atoms with van der Waals surface area (Å²) in [4.78, 5) is 4.26. The van der Waals surface area contributed by atoms with Gasteiger partial charge in [-0.1, -0.05) is 30.3 Å². The maximum absolute atomic E-state index is 13.9. The Morgan fingerprint density at radius 1 is 1.00 bits per heavy atom. The standard InChI is InChI=1S/C15H12F2N4/c16-10-6-7-12(17)11(8-10)13-14(18)21(19)15(20-13)9-4-2-1-3-5-9/h1-8H,18-19H2. The molecule has 0 radical (unpaired) electrons. The lowest BCUT2D eigenvalue weighted by atomic mass is 10.1. The number of nitrogen functional groups attached to an aromatic ring is 2. The van der Waals surface area contributed by atoms with E-state index in [-0.39, 0.29) is 17.1 Å². The van der Waals surface area contributed by atoms with E-state index in [0.29, 0.717) is 5.82 Å². The Hall–Kier alpha value is -2.89. The van der Waals surface area contributed by atoms with E-state index in [1.807, 2.05) is 18.2 Å². The Morgan fingerprint density at radius 3 is 2.43 bits per heavy atom. The third-order valence-electron chi connectivity index (χ3n) is 3.16. The van der Waals surface area contributed by atoms with E-state index in [9.17, 15) is 8.78 Å². The van der Waals surface area contributed by atoms with Gasteiger partial charge in [-0.05, 0) is 18.2 Å². The van der Waals surface area contributed by atoms with Gasteiger partial charge in [0, 0.05) is 11.1 Å². The van der Waals surface area contributed by atoms with Crippen LogP contribution < -0.4 is 11.6 Å². The van der Waals surface area contributed by atoms with Crippen molar-refractivity contribution in [2.75, 3.05) is 11.6 Å². The van der Waals surface area contributed by atoms with Crippen LogP contribution in [0, 0.1) is 11.6 Å². The van der Waals surface area contributed by atoms with Crippen molar-refractivity contribution in [3.63, 3.8) is 0 Å². The van der Waals surface area contributed by atoms with E-state index < -0.39 is 11.6 Å². The van der Waals surface area contributed by atoms with Crippen LogP contribution in [0.4, 0.5) is 14.6 Å². The van der Waals surface area contributed by atoms with Crippen LogP contribution >= 0.6 is 0 Å². The lowest BCUT2D eigenvalue weighted by molar-refractivity contribution is 0.603. The Kier molecular flexibility index (Phi) is 3.06. The summed E-state index contributed by atoms with van der Waals surface area (Å²) < 4.78 is 28.3. The minimum atomic E-state index is -0.610. The lowest BCUT2D eigenvalue weighted by Crippen LogP contribution is -2.13. The molecule has 0 spiro atoms. The molecule has 0 aliphatic carbocycles. The van der Waals surface area contributed by atoms with Crippen molar-refractivity contribution in [3.8, 4) is 22.6 Å². The molecule has 4 N–H and O–H groups in total. The maximum atomic E-state index is 13.9. The summed E-state index contributed by atoms with van der Waals surface area (Å²) in [5.41, 5.74) is 6.71. The third-order valence-corrected chi connectivity index (χ3v) is 3.16. The predicted octanol–water partition coefficient (Wildman–Crippen LogP) is 2.79. The molecule has 1 heterocycles. The van der Waals surface area contributed by atoms with Gasteiger partial charge >= 0.3 is 0 Å². The molecule has 0 amide bonds. The monoisotopic (exact) mass is 286 g/mol. The van der Waals surface area contributed by atoms with E-state index in [0.717, 1.165) is 28.4 Å². The number of rotatable bonds is 2. The first-order chi connectivity index (χ1) is 10.1. The van der Waals surface area contributed by atoms with Crippen molar-refractivity contribution in [3.05, 3.63) is 60.2 Å². The summed E-state index contributed by atoms with van der Waals surface area (Å²) in [5.74, 6) is 5.14. The van der Waals surface area contributed by atoms with Crippen molar-refractivity contribution in [2.24, 2.45) is 0 Å². The quantitative estimate of drug-likeness (QED) is 0.712. The maximum Gasteiger partial charge on any atom is 0.160 e. The number of nitrogens with zero attached hydrogens (tertiary/aromatic N) is 2. The first-order valence-electron chi connectivity index (χ1n) is 6.22. The topological polar surface area (TPSA) is 69.9 Å². The van der Waals surface area contributed by atoms with Gasteiger partial charge in [0.2, 0.25) is 0 Å². The molecule has 0 bridgehead atoms. The number of hydrogen-bond acceptors (Lipinski definition) is 3. The summed E-state index contributed by atoms with van der Waals surface area (Å²) in [5, 5.41) is 0. The van der Waals surface area contributed by atoms with Crippen LogP contribution in [0.5, 0.6) is 0 Å². The third kappa shape index (κ3) is 2.20. The van der Waals surface area contributed by atoms with Gasteiger partial charge in [-0.3, -0.25) is 0 Å². The molecule has 3 aromatic rings. The van der Waals surface area contributed by atoms with Crippen molar-refractivity contribution < 1.29 is 8.78 Å². The summed E-state index contributed by atoms with van der Waals surface area (Å²) in [7, 11) is 0. The molecule has 0 saturated carbocycles. The lowest BCUT2D eigenvalue weighted by Gasteiger charge is -2.02. The highest BCUT2D eigenvalue weighted by Gasteiger charge is 2.19. The second-order valence-corrected chi connectivity index (χ2v) is 4.53. The van der Waals surface area contributed by atoms with Crippen LogP contribution in [0.3, 0.4) is 0 Å². The molecule has 0 aliphatic rings. The second kappa shape index (κ2) is 4.90. The van der Waals surface area contributed by atoms with Crippen LogP contribution in [0.25, 0.3) is 22.6 Å².